The van der Waals surface area contributed by atoms with Crippen molar-refractivity contribution >= 4 is 11.6 Å². The quantitative estimate of drug-likeness (QED) is 0.865. The van der Waals surface area contributed by atoms with E-state index < -0.39 is 0 Å². The third kappa shape index (κ3) is 3.45. The van der Waals surface area contributed by atoms with Crippen LogP contribution in [-0.2, 0) is 4.74 Å². The lowest BCUT2D eigenvalue weighted by molar-refractivity contribution is 0.0120. The second kappa shape index (κ2) is 5.45. The van der Waals surface area contributed by atoms with Crippen molar-refractivity contribution in [3.05, 3.63) is 34.6 Å². The number of ether oxygens (including phenoxy) is 1. The fourth-order valence-electron chi connectivity index (χ4n) is 1.35. The highest BCUT2D eigenvalue weighted by Gasteiger charge is 2.15. The van der Waals surface area contributed by atoms with Crippen LogP contribution in [-0.4, -0.2) is 12.6 Å². The monoisotopic (exact) mass is 231 g/mol. The molecule has 1 aromatic carbocycles. The zero-order chi connectivity index (χ0) is 11.4. The molecule has 1 aromatic rings. The first-order valence-electron chi connectivity index (χ1n) is 4.85. The predicted molar refractivity (Wildman–Crippen MR) is 59.4 cm³/mol. The first-order chi connectivity index (χ1) is 7.04. The standard InChI is InChI=1S/C11H15ClFNO/c1-7(2)15-11(6-14)9-4-3-8(13)5-10(9)12/h3-5,7,11H,6,14H2,1-2H3. The minimum absolute atomic E-state index is 0.0552. The molecule has 2 N–H and O–H groups in total. The molecule has 0 radical (unpaired) electrons. The van der Waals surface area contributed by atoms with Crippen molar-refractivity contribution < 1.29 is 9.13 Å². The van der Waals surface area contributed by atoms with Crippen LogP contribution in [0.1, 0.15) is 25.5 Å². The molecule has 0 bridgehead atoms. The van der Waals surface area contributed by atoms with Crippen molar-refractivity contribution in [2.24, 2.45) is 5.73 Å². The Labute approximate surface area is 94.2 Å². The van der Waals surface area contributed by atoms with Gasteiger partial charge >= 0.3 is 0 Å². The molecule has 0 aromatic heterocycles. The summed E-state index contributed by atoms with van der Waals surface area (Å²) in [6.45, 7) is 4.16. The van der Waals surface area contributed by atoms with Gasteiger partial charge in [-0.1, -0.05) is 17.7 Å². The van der Waals surface area contributed by atoms with Gasteiger partial charge in [0.2, 0.25) is 0 Å². The molecule has 0 saturated carbocycles. The summed E-state index contributed by atoms with van der Waals surface area (Å²) in [5, 5.41) is 0.353. The van der Waals surface area contributed by atoms with Crippen LogP contribution in [0.25, 0.3) is 0 Å². The number of hydrogen-bond donors (Lipinski definition) is 1. The fourth-order valence-corrected chi connectivity index (χ4v) is 1.64. The van der Waals surface area contributed by atoms with E-state index in [-0.39, 0.29) is 18.0 Å². The Morgan fingerprint density at radius 1 is 1.47 bits per heavy atom. The van der Waals surface area contributed by atoms with E-state index in [9.17, 15) is 4.39 Å². The van der Waals surface area contributed by atoms with Crippen molar-refractivity contribution in [2.45, 2.75) is 26.1 Å². The van der Waals surface area contributed by atoms with Crippen LogP contribution in [0.4, 0.5) is 4.39 Å². The van der Waals surface area contributed by atoms with Gasteiger partial charge in [0, 0.05) is 17.1 Å². The molecule has 2 nitrogen and oxygen atoms in total. The van der Waals surface area contributed by atoms with E-state index >= 15 is 0 Å². The van der Waals surface area contributed by atoms with Gasteiger partial charge in [0.05, 0.1) is 12.2 Å². The molecular formula is C11H15ClFNO. The van der Waals surface area contributed by atoms with E-state index in [1.807, 2.05) is 13.8 Å². The maximum atomic E-state index is 12.8. The summed E-state index contributed by atoms with van der Waals surface area (Å²) in [7, 11) is 0. The number of halogens is 2. The minimum atomic E-state index is -0.357. The van der Waals surface area contributed by atoms with Crippen LogP contribution >= 0.6 is 11.6 Å². The lowest BCUT2D eigenvalue weighted by atomic mass is 10.1. The molecule has 1 rings (SSSR count). The van der Waals surface area contributed by atoms with Gasteiger partial charge in [-0.05, 0) is 26.0 Å². The van der Waals surface area contributed by atoms with Gasteiger partial charge in [-0.25, -0.2) is 4.39 Å². The third-order valence-corrected chi connectivity index (χ3v) is 2.29. The third-order valence-electron chi connectivity index (χ3n) is 1.96. The van der Waals surface area contributed by atoms with Crippen LogP contribution in [0, 0.1) is 5.82 Å². The first-order valence-corrected chi connectivity index (χ1v) is 5.23. The molecule has 0 heterocycles. The molecule has 0 fully saturated rings. The van der Waals surface area contributed by atoms with Gasteiger partial charge in [-0.2, -0.15) is 0 Å². The SMILES string of the molecule is CC(C)OC(CN)c1ccc(F)cc1Cl. The van der Waals surface area contributed by atoms with Gasteiger partial charge in [0.1, 0.15) is 5.82 Å². The topological polar surface area (TPSA) is 35.2 Å². The second-order valence-corrected chi connectivity index (χ2v) is 3.98. The molecule has 15 heavy (non-hydrogen) atoms. The van der Waals surface area contributed by atoms with Crippen LogP contribution in [0.15, 0.2) is 18.2 Å². The Kier molecular flexibility index (Phi) is 4.51. The van der Waals surface area contributed by atoms with Crippen LogP contribution in [0.3, 0.4) is 0 Å². The van der Waals surface area contributed by atoms with Gasteiger partial charge in [0.15, 0.2) is 0 Å². The highest BCUT2D eigenvalue weighted by Crippen LogP contribution is 2.26. The normalized spacial score (nSPS) is 13.2. The number of nitrogens with two attached hydrogens (primary N) is 1. The molecular weight excluding hydrogens is 217 g/mol. The van der Waals surface area contributed by atoms with Crippen molar-refractivity contribution in [1.29, 1.82) is 0 Å². The van der Waals surface area contributed by atoms with Crippen LogP contribution in [0.5, 0.6) is 0 Å². The molecule has 0 aliphatic heterocycles. The zero-order valence-electron chi connectivity index (χ0n) is 8.84. The molecule has 0 aliphatic carbocycles. The molecule has 1 unspecified atom stereocenters. The van der Waals surface area contributed by atoms with E-state index in [2.05, 4.69) is 0 Å². The fraction of sp³-hybridized carbons (Fsp3) is 0.455. The van der Waals surface area contributed by atoms with E-state index in [0.717, 1.165) is 5.56 Å². The molecule has 84 valence electrons. The molecule has 0 amide bonds. The number of hydrogen-bond acceptors (Lipinski definition) is 2. The first kappa shape index (κ1) is 12.4. The summed E-state index contributed by atoms with van der Waals surface area (Å²) >= 11 is 5.91. The second-order valence-electron chi connectivity index (χ2n) is 3.58. The summed E-state index contributed by atoms with van der Waals surface area (Å²) < 4.78 is 18.4. The van der Waals surface area contributed by atoms with Crippen molar-refractivity contribution in [3.63, 3.8) is 0 Å². The van der Waals surface area contributed by atoms with Crippen molar-refractivity contribution in [1.82, 2.24) is 0 Å². The average Bonchev–Trinajstić information content (AvgIpc) is 2.14. The van der Waals surface area contributed by atoms with Crippen molar-refractivity contribution in [3.8, 4) is 0 Å². The Bertz CT molecular complexity index is 330. The van der Waals surface area contributed by atoms with E-state index in [1.54, 1.807) is 6.07 Å². The Balaban J connectivity index is 2.91. The largest absolute Gasteiger partial charge is 0.369 e. The molecule has 0 saturated heterocycles. The molecule has 0 spiro atoms. The maximum absolute atomic E-state index is 12.8. The summed E-state index contributed by atoms with van der Waals surface area (Å²) in [6, 6.07) is 4.23. The molecule has 1 atom stereocenters. The van der Waals surface area contributed by atoms with E-state index in [0.29, 0.717) is 11.6 Å². The smallest absolute Gasteiger partial charge is 0.124 e. The number of rotatable bonds is 4. The maximum Gasteiger partial charge on any atom is 0.124 e. The number of benzene rings is 1. The summed E-state index contributed by atoms with van der Waals surface area (Å²) in [5.74, 6) is -0.357. The molecule has 4 heteroatoms. The lowest BCUT2D eigenvalue weighted by Gasteiger charge is -2.20. The average molecular weight is 232 g/mol. The van der Waals surface area contributed by atoms with E-state index in [1.165, 1.54) is 12.1 Å². The van der Waals surface area contributed by atoms with E-state index in [4.69, 9.17) is 22.1 Å². The molecule has 0 aliphatic rings. The van der Waals surface area contributed by atoms with Crippen LogP contribution in [0.2, 0.25) is 5.02 Å². The Hall–Kier alpha value is -0.640. The summed E-state index contributed by atoms with van der Waals surface area (Å²) in [6.07, 6.45) is -0.224. The van der Waals surface area contributed by atoms with Crippen LogP contribution < -0.4 is 5.73 Å². The summed E-state index contributed by atoms with van der Waals surface area (Å²) in [4.78, 5) is 0. The van der Waals surface area contributed by atoms with Gasteiger partial charge in [-0.15, -0.1) is 0 Å². The Morgan fingerprint density at radius 3 is 2.60 bits per heavy atom. The highest BCUT2D eigenvalue weighted by molar-refractivity contribution is 6.31. The van der Waals surface area contributed by atoms with Crippen molar-refractivity contribution in [2.75, 3.05) is 6.54 Å². The highest BCUT2D eigenvalue weighted by atomic mass is 35.5. The predicted octanol–water partition coefficient (Wildman–Crippen LogP) is 2.90. The van der Waals surface area contributed by atoms with Gasteiger partial charge in [-0.3, -0.25) is 0 Å². The minimum Gasteiger partial charge on any atom is -0.369 e. The Morgan fingerprint density at radius 2 is 2.13 bits per heavy atom. The summed E-state index contributed by atoms with van der Waals surface area (Å²) in [5.41, 5.74) is 6.31. The van der Waals surface area contributed by atoms with Gasteiger partial charge in [0.25, 0.3) is 0 Å². The van der Waals surface area contributed by atoms with Gasteiger partial charge < -0.3 is 10.5 Å². The zero-order valence-corrected chi connectivity index (χ0v) is 9.59. The lowest BCUT2D eigenvalue weighted by Crippen LogP contribution is -2.19.